The summed E-state index contributed by atoms with van der Waals surface area (Å²) in [5.74, 6) is 1.01. The maximum absolute atomic E-state index is 12.4. The van der Waals surface area contributed by atoms with E-state index < -0.39 is 0 Å². The molecule has 0 radical (unpaired) electrons. The Labute approximate surface area is 163 Å². The molecule has 1 atom stereocenters. The van der Waals surface area contributed by atoms with Crippen LogP contribution in [-0.4, -0.2) is 26.9 Å². The van der Waals surface area contributed by atoms with E-state index in [4.69, 9.17) is 16.6 Å². The molecule has 0 saturated heterocycles. The second kappa shape index (κ2) is 8.86. The van der Waals surface area contributed by atoms with Crippen LogP contribution in [0.2, 0.25) is 5.15 Å². The molecule has 7 heteroatoms. The molecule has 0 aliphatic carbocycles. The summed E-state index contributed by atoms with van der Waals surface area (Å²) in [6.07, 6.45) is 9.90. The highest BCUT2D eigenvalue weighted by atomic mass is 35.5. The fourth-order valence-corrected chi connectivity index (χ4v) is 2.99. The minimum absolute atomic E-state index is 0.0535. The van der Waals surface area contributed by atoms with Crippen molar-refractivity contribution in [1.29, 1.82) is 0 Å². The molecule has 2 aromatic rings. The lowest BCUT2D eigenvalue weighted by atomic mass is 10.0. The van der Waals surface area contributed by atoms with Crippen LogP contribution in [0, 0.1) is 12.8 Å². The van der Waals surface area contributed by atoms with Crippen LogP contribution in [0.15, 0.2) is 41.8 Å². The average Bonchev–Trinajstić information content (AvgIpc) is 2.83. The van der Waals surface area contributed by atoms with Crippen molar-refractivity contribution in [2.24, 2.45) is 10.9 Å². The normalized spacial score (nSPS) is 16.9. The number of pyridine rings is 1. The zero-order chi connectivity index (χ0) is 19.2. The molecule has 3 heterocycles. The number of nitrogens with one attached hydrogen (secondary N) is 1. The Morgan fingerprint density at radius 1 is 1.26 bits per heavy atom. The standard InChI is InChI=1S/C20H22ClN5O/c1-13-3-7-19(25-17(9-13)16-12-24-23-10-14(16)2)26-20(27)8-5-15-4-6-18(21)22-11-15/h4,6,9-13H,3,5,7-8H2,1-2H3,(H,25,26,27)/t13-/m1/s1. The molecule has 1 amide bonds. The van der Waals surface area contributed by atoms with Gasteiger partial charge >= 0.3 is 0 Å². The number of amidine groups is 1. The van der Waals surface area contributed by atoms with Gasteiger partial charge in [-0.1, -0.05) is 30.7 Å². The summed E-state index contributed by atoms with van der Waals surface area (Å²) >= 11 is 5.79. The van der Waals surface area contributed by atoms with Gasteiger partial charge in [-0.3, -0.25) is 4.79 Å². The van der Waals surface area contributed by atoms with Crippen LogP contribution in [0.3, 0.4) is 0 Å². The van der Waals surface area contributed by atoms with Crippen LogP contribution in [-0.2, 0) is 11.2 Å². The molecule has 1 aliphatic rings. The SMILES string of the molecule is Cc1cnncc1C1=C[C@H](C)CCC(NC(=O)CCc2ccc(Cl)nc2)=N1. The summed E-state index contributed by atoms with van der Waals surface area (Å²) in [7, 11) is 0. The van der Waals surface area contributed by atoms with Gasteiger partial charge in [-0.25, -0.2) is 9.98 Å². The van der Waals surface area contributed by atoms with Gasteiger partial charge in [0.25, 0.3) is 0 Å². The Morgan fingerprint density at radius 3 is 2.81 bits per heavy atom. The van der Waals surface area contributed by atoms with Crippen LogP contribution in [0.25, 0.3) is 5.70 Å². The van der Waals surface area contributed by atoms with Gasteiger partial charge in [0.2, 0.25) is 5.91 Å². The van der Waals surface area contributed by atoms with E-state index in [1.54, 1.807) is 24.7 Å². The highest BCUT2D eigenvalue weighted by molar-refractivity contribution is 6.29. The number of carbonyl (C=O) groups excluding carboxylic acids is 1. The Morgan fingerprint density at radius 2 is 2.07 bits per heavy atom. The molecule has 0 saturated carbocycles. The first-order valence-electron chi connectivity index (χ1n) is 8.98. The summed E-state index contributed by atoms with van der Waals surface area (Å²) in [6, 6.07) is 3.61. The van der Waals surface area contributed by atoms with E-state index in [1.807, 2.05) is 13.0 Å². The van der Waals surface area contributed by atoms with Gasteiger partial charge in [-0.15, -0.1) is 0 Å². The summed E-state index contributed by atoms with van der Waals surface area (Å²) in [4.78, 5) is 21.1. The molecule has 0 fully saturated rings. The Hall–Kier alpha value is -2.60. The van der Waals surface area contributed by atoms with Crippen LogP contribution < -0.4 is 5.32 Å². The molecule has 0 unspecified atom stereocenters. The summed E-state index contributed by atoms with van der Waals surface area (Å²) in [6.45, 7) is 4.13. The lowest BCUT2D eigenvalue weighted by Crippen LogP contribution is -2.30. The second-order valence-electron chi connectivity index (χ2n) is 6.75. The first kappa shape index (κ1) is 19.2. The topological polar surface area (TPSA) is 80.1 Å². The average molecular weight is 384 g/mol. The number of allylic oxidation sites excluding steroid dienone is 1. The number of rotatable bonds is 4. The van der Waals surface area contributed by atoms with Gasteiger partial charge in [-0.05, 0) is 42.9 Å². The van der Waals surface area contributed by atoms with Crippen molar-refractivity contribution < 1.29 is 4.79 Å². The Balaban J connectivity index is 1.68. The van der Waals surface area contributed by atoms with E-state index in [0.29, 0.717) is 29.7 Å². The summed E-state index contributed by atoms with van der Waals surface area (Å²) < 4.78 is 0. The maximum atomic E-state index is 12.4. The molecular formula is C20H22ClN5O. The number of amides is 1. The van der Waals surface area contributed by atoms with Crippen molar-refractivity contribution in [1.82, 2.24) is 20.5 Å². The third-order valence-electron chi connectivity index (χ3n) is 4.45. The number of carbonyl (C=O) groups is 1. The van der Waals surface area contributed by atoms with Gasteiger partial charge in [0.15, 0.2) is 0 Å². The molecule has 0 spiro atoms. The fraction of sp³-hybridized carbons (Fsp3) is 0.350. The second-order valence-corrected chi connectivity index (χ2v) is 7.14. The first-order chi connectivity index (χ1) is 13.0. The van der Waals surface area contributed by atoms with E-state index in [9.17, 15) is 4.79 Å². The van der Waals surface area contributed by atoms with Crippen LogP contribution >= 0.6 is 11.6 Å². The van der Waals surface area contributed by atoms with Crippen molar-refractivity contribution in [3.05, 3.63) is 58.6 Å². The molecular weight excluding hydrogens is 362 g/mol. The number of aryl methyl sites for hydroxylation is 2. The molecule has 0 aromatic carbocycles. The molecule has 6 nitrogen and oxygen atoms in total. The van der Waals surface area contributed by atoms with Gasteiger partial charge in [0.1, 0.15) is 11.0 Å². The highest BCUT2D eigenvalue weighted by Gasteiger charge is 2.16. The number of nitrogens with zero attached hydrogens (tertiary/aromatic N) is 4. The largest absolute Gasteiger partial charge is 0.314 e. The van der Waals surface area contributed by atoms with E-state index in [1.165, 1.54) is 0 Å². The Kier molecular flexibility index (Phi) is 6.29. The molecule has 2 aromatic heterocycles. The minimum atomic E-state index is -0.0535. The maximum Gasteiger partial charge on any atom is 0.225 e. The smallest absolute Gasteiger partial charge is 0.225 e. The van der Waals surface area contributed by atoms with Crippen LogP contribution in [0.1, 0.15) is 42.9 Å². The van der Waals surface area contributed by atoms with Gasteiger partial charge < -0.3 is 5.32 Å². The third kappa shape index (κ3) is 5.44. The summed E-state index contributed by atoms with van der Waals surface area (Å²) in [5.41, 5.74) is 3.77. The highest BCUT2D eigenvalue weighted by Crippen LogP contribution is 2.25. The fourth-order valence-electron chi connectivity index (χ4n) is 2.88. The van der Waals surface area contributed by atoms with E-state index in [-0.39, 0.29) is 5.91 Å². The first-order valence-corrected chi connectivity index (χ1v) is 9.36. The van der Waals surface area contributed by atoms with Gasteiger partial charge in [0, 0.05) is 24.6 Å². The van der Waals surface area contributed by atoms with Crippen LogP contribution in [0.4, 0.5) is 0 Å². The van der Waals surface area contributed by atoms with Crippen molar-refractivity contribution in [3.63, 3.8) is 0 Å². The third-order valence-corrected chi connectivity index (χ3v) is 4.68. The number of halogens is 1. The van der Waals surface area contributed by atoms with Gasteiger partial charge in [-0.2, -0.15) is 10.2 Å². The zero-order valence-corrected chi connectivity index (χ0v) is 16.2. The lowest BCUT2D eigenvalue weighted by molar-refractivity contribution is -0.119. The van der Waals surface area contributed by atoms with Crippen LogP contribution in [0.5, 0.6) is 0 Å². The summed E-state index contributed by atoms with van der Waals surface area (Å²) in [5, 5.41) is 11.3. The number of hydrogen-bond donors (Lipinski definition) is 1. The Bertz CT molecular complexity index is 876. The molecule has 1 N–H and O–H groups in total. The van der Waals surface area contributed by atoms with Crippen molar-refractivity contribution in [3.8, 4) is 0 Å². The number of aliphatic imine (C=N–C) groups is 1. The number of aromatic nitrogens is 3. The monoisotopic (exact) mass is 383 g/mol. The molecule has 0 bridgehead atoms. The van der Waals surface area contributed by atoms with Gasteiger partial charge in [0.05, 0.1) is 18.1 Å². The van der Waals surface area contributed by atoms with E-state index in [2.05, 4.69) is 33.5 Å². The minimum Gasteiger partial charge on any atom is -0.314 e. The van der Waals surface area contributed by atoms with E-state index >= 15 is 0 Å². The molecule has 1 aliphatic heterocycles. The van der Waals surface area contributed by atoms with Crippen molar-refractivity contribution in [2.75, 3.05) is 0 Å². The number of hydrogen-bond acceptors (Lipinski definition) is 5. The molecule has 140 valence electrons. The predicted octanol–water partition coefficient (Wildman–Crippen LogP) is 3.75. The zero-order valence-electron chi connectivity index (χ0n) is 15.4. The quantitative estimate of drug-likeness (QED) is 0.815. The lowest BCUT2D eigenvalue weighted by Gasteiger charge is -2.09. The van der Waals surface area contributed by atoms with E-state index in [0.717, 1.165) is 35.2 Å². The van der Waals surface area contributed by atoms with Crippen molar-refractivity contribution in [2.45, 2.75) is 39.5 Å². The molecule has 3 rings (SSSR count). The molecule has 27 heavy (non-hydrogen) atoms. The van der Waals surface area contributed by atoms with Crippen molar-refractivity contribution >= 4 is 29.0 Å². The predicted molar refractivity (Wildman–Crippen MR) is 106 cm³/mol.